The lowest BCUT2D eigenvalue weighted by Gasteiger charge is -2.20. The van der Waals surface area contributed by atoms with Crippen molar-refractivity contribution in [3.05, 3.63) is 58.9 Å². The van der Waals surface area contributed by atoms with Gasteiger partial charge in [-0.3, -0.25) is 9.59 Å². The maximum absolute atomic E-state index is 14.3. The summed E-state index contributed by atoms with van der Waals surface area (Å²) in [7, 11) is 1.45. The number of ether oxygens (including phenoxy) is 1. The van der Waals surface area contributed by atoms with Gasteiger partial charge in [0.2, 0.25) is 5.91 Å². The molecule has 5 N–H and O–H groups in total. The second-order valence-corrected chi connectivity index (χ2v) is 8.62. The molecule has 2 aliphatic carbocycles. The molecule has 0 radical (unpaired) electrons. The summed E-state index contributed by atoms with van der Waals surface area (Å²) in [5.41, 5.74) is 12.9. The first kappa shape index (κ1) is 24.5. The van der Waals surface area contributed by atoms with E-state index in [1.807, 2.05) is 0 Å². The fraction of sp³-hybridized carbons (Fsp3) is 0.375. The summed E-state index contributed by atoms with van der Waals surface area (Å²) >= 11 is 0. The minimum Gasteiger partial charge on any atom is -0.383 e. The maximum Gasteiger partial charge on any atom is 0.270 e. The van der Waals surface area contributed by atoms with E-state index in [-0.39, 0.29) is 48.5 Å². The zero-order chi connectivity index (χ0) is 25.3. The van der Waals surface area contributed by atoms with Gasteiger partial charge in [0.15, 0.2) is 0 Å². The van der Waals surface area contributed by atoms with Crippen LogP contribution in [0.15, 0.2) is 47.8 Å². The minimum absolute atomic E-state index is 0.112. The average Bonchev–Trinajstić information content (AvgIpc) is 3.35. The molecule has 0 saturated heterocycles. The number of carbonyl (C=O) groups is 2. The molecule has 2 aromatic rings. The smallest absolute Gasteiger partial charge is 0.270 e. The molecule has 11 heteroatoms. The standard InChI is InChI=1S/C24H26F3N5O3/c1-35-17-9-8-15(25)11-16(17)23(34)30-12-13-4-6-14(7-5-13)20-19(22(29)33)21(28)32(31-20)18-3-2-10-24(18,26)27/h4-8,11,17-18H,2-3,9-10,12,28H2,1H3,(H2,29,33)(H,30,34). The van der Waals surface area contributed by atoms with Gasteiger partial charge in [-0.25, -0.2) is 17.9 Å². The highest BCUT2D eigenvalue weighted by atomic mass is 19.3. The summed E-state index contributed by atoms with van der Waals surface area (Å²) < 4.78 is 48.5. The molecule has 0 spiro atoms. The third-order valence-corrected chi connectivity index (χ3v) is 6.36. The van der Waals surface area contributed by atoms with Crippen molar-refractivity contribution in [2.24, 2.45) is 5.73 Å². The number of methoxy groups -OCH3 is 1. The molecule has 2 aliphatic rings. The quantitative estimate of drug-likeness (QED) is 0.550. The van der Waals surface area contributed by atoms with Gasteiger partial charge in [-0.15, -0.1) is 0 Å². The number of nitrogens with one attached hydrogen (secondary N) is 1. The largest absolute Gasteiger partial charge is 0.383 e. The summed E-state index contributed by atoms with van der Waals surface area (Å²) in [6.07, 6.45) is 2.47. The van der Waals surface area contributed by atoms with Crippen molar-refractivity contribution in [1.82, 2.24) is 15.1 Å². The van der Waals surface area contributed by atoms with Crippen LogP contribution in [0.3, 0.4) is 0 Å². The van der Waals surface area contributed by atoms with E-state index in [1.54, 1.807) is 24.3 Å². The number of aromatic nitrogens is 2. The van der Waals surface area contributed by atoms with Crippen LogP contribution in [-0.2, 0) is 16.1 Å². The predicted octanol–water partition coefficient (Wildman–Crippen LogP) is 3.41. The molecule has 2 unspecified atom stereocenters. The Labute approximate surface area is 199 Å². The van der Waals surface area contributed by atoms with Crippen molar-refractivity contribution in [2.75, 3.05) is 12.8 Å². The van der Waals surface area contributed by atoms with E-state index in [4.69, 9.17) is 16.2 Å². The number of benzene rings is 1. The fourth-order valence-corrected chi connectivity index (χ4v) is 4.49. The molecule has 0 aliphatic heterocycles. The van der Waals surface area contributed by atoms with Crippen LogP contribution >= 0.6 is 0 Å². The SMILES string of the molecule is COC1CC=C(F)C=C1C(=O)NCc1ccc(-c2nn(C3CCCC3(F)F)c(N)c2C(N)=O)cc1. The van der Waals surface area contributed by atoms with Gasteiger partial charge in [0, 0.05) is 31.2 Å². The number of nitrogens with two attached hydrogens (primary N) is 2. The predicted molar refractivity (Wildman–Crippen MR) is 123 cm³/mol. The Kier molecular flexibility index (Phi) is 6.70. The van der Waals surface area contributed by atoms with Crippen LogP contribution in [-0.4, -0.2) is 40.7 Å². The molecule has 1 aromatic carbocycles. The molecule has 8 nitrogen and oxygen atoms in total. The van der Waals surface area contributed by atoms with E-state index in [9.17, 15) is 22.8 Å². The van der Waals surface area contributed by atoms with Crippen LogP contribution in [0.25, 0.3) is 11.3 Å². The minimum atomic E-state index is -2.98. The van der Waals surface area contributed by atoms with Gasteiger partial charge in [0.25, 0.3) is 11.8 Å². The topological polar surface area (TPSA) is 125 Å². The highest BCUT2D eigenvalue weighted by Gasteiger charge is 2.47. The number of rotatable bonds is 7. The zero-order valence-electron chi connectivity index (χ0n) is 19.1. The highest BCUT2D eigenvalue weighted by Crippen LogP contribution is 2.45. The number of hydrogen-bond donors (Lipinski definition) is 3. The van der Waals surface area contributed by atoms with Gasteiger partial charge >= 0.3 is 0 Å². The van der Waals surface area contributed by atoms with E-state index in [0.29, 0.717) is 17.5 Å². The molecule has 0 bridgehead atoms. The van der Waals surface area contributed by atoms with Crippen LogP contribution < -0.4 is 16.8 Å². The molecule has 4 rings (SSSR count). The molecule has 1 fully saturated rings. The van der Waals surface area contributed by atoms with Crippen molar-refractivity contribution < 1.29 is 27.5 Å². The second kappa shape index (κ2) is 9.57. The van der Waals surface area contributed by atoms with Gasteiger partial charge < -0.3 is 21.5 Å². The maximum atomic E-state index is 14.3. The molecule has 2 amide bonds. The Morgan fingerprint density at radius 1 is 1.29 bits per heavy atom. The number of amides is 2. The van der Waals surface area contributed by atoms with Crippen molar-refractivity contribution >= 4 is 17.6 Å². The van der Waals surface area contributed by atoms with E-state index < -0.39 is 35.7 Å². The van der Waals surface area contributed by atoms with Crippen molar-refractivity contribution in [1.29, 1.82) is 0 Å². The van der Waals surface area contributed by atoms with E-state index in [1.165, 1.54) is 13.2 Å². The lowest BCUT2D eigenvalue weighted by Crippen LogP contribution is -2.31. The first-order chi connectivity index (χ1) is 16.6. The van der Waals surface area contributed by atoms with E-state index >= 15 is 0 Å². The lowest BCUT2D eigenvalue weighted by molar-refractivity contribution is -0.118. The van der Waals surface area contributed by atoms with Gasteiger partial charge in [0.1, 0.15) is 28.9 Å². The van der Waals surface area contributed by atoms with E-state index in [2.05, 4.69) is 10.4 Å². The van der Waals surface area contributed by atoms with Gasteiger partial charge in [0.05, 0.1) is 6.10 Å². The number of nitrogen functional groups attached to an aromatic ring is 1. The van der Waals surface area contributed by atoms with E-state index in [0.717, 1.165) is 10.8 Å². The van der Waals surface area contributed by atoms with Crippen LogP contribution in [0.5, 0.6) is 0 Å². The first-order valence-corrected chi connectivity index (χ1v) is 11.2. The lowest BCUT2D eigenvalue weighted by atomic mass is 10.00. The fourth-order valence-electron chi connectivity index (χ4n) is 4.49. The number of allylic oxidation sites excluding steroid dienone is 2. The second-order valence-electron chi connectivity index (χ2n) is 8.62. The normalized spacial score (nSPS) is 21.4. The zero-order valence-corrected chi connectivity index (χ0v) is 19.1. The Morgan fingerprint density at radius 2 is 2.00 bits per heavy atom. The molecule has 1 aromatic heterocycles. The average molecular weight is 489 g/mol. The summed E-state index contributed by atoms with van der Waals surface area (Å²) in [4.78, 5) is 24.6. The van der Waals surface area contributed by atoms with Crippen LogP contribution in [0.2, 0.25) is 0 Å². The van der Waals surface area contributed by atoms with Gasteiger partial charge in [-0.2, -0.15) is 5.10 Å². The van der Waals surface area contributed by atoms with Crippen LogP contribution in [0.1, 0.15) is 47.6 Å². The van der Waals surface area contributed by atoms with Gasteiger partial charge in [-0.1, -0.05) is 24.3 Å². The summed E-state index contributed by atoms with van der Waals surface area (Å²) in [5.74, 6) is -4.99. The molecular weight excluding hydrogens is 463 g/mol. The number of nitrogens with zero attached hydrogens (tertiary/aromatic N) is 2. The third kappa shape index (κ3) is 4.81. The van der Waals surface area contributed by atoms with Crippen molar-refractivity contribution in [2.45, 2.75) is 50.3 Å². The number of primary amides is 1. The molecule has 186 valence electrons. The molecule has 35 heavy (non-hydrogen) atoms. The Hall–Kier alpha value is -3.60. The molecule has 1 saturated carbocycles. The third-order valence-electron chi connectivity index (χ3n) is 6.36. The monoisotopic (exact) mass is 489 g/mol. The summed E-state index contributed by atoms with van der Waals surface area (Å²) in [6.45, 7) is 0.145. The number of carbonyl (C=O) groups excluding carboxylic acids is 2. The number of anilines is 1. The number of alkyl halides is 2. The van der Waals surface area contributed by atoms with Crippen molar-refractivity contribution in [3.63, 3.8) is 0 Å². The highest BCUT2D eigenvalue weighted by molar-refractivity contribution is 6.03. The Morgan fingerprint density at radius 3 is 2.60 bits per heavy atom. The van der Waals surface area contributed by atoms with Crippen molar-refractivity contribution in [3.8, 4) is 11.3 Å². The molecule has 1 heterocycles. The van der Waals surface area contributed by atoms with Crippen LogP contribution in [0, 0.1) is 0 Å². The Balaban J connectivity index is 1.53. The first-order valence-electron chi connectivity index (χ1n) is 11.2. The van der Waals surface area contributed by atoms with Crippen LogP contribution in [0.4, 0.5) is 19.0 Å². The van der Waals surface area contributed by atoms with Gasteiger partial charge in [-0.05, 0) is 37.0 Å². The number of halogens is 3. The molecular formula is C24H26F3N5O3. The summed E-state index contributed by atoms with van der Waals surface area (Å²) in [6, 6.07) is 5.39. The Bertz CT molecular complexity index is 1200. The molecule has 2 atom stereocenters. The summed E-state index contributed by atoms with van der Waals surface area (Å²) in [5, 5.41) is 6.97. The number of hydrogen-bond acceptors (Lipinski definition) is 5.